The van der Waals surface area contributed by atoms with Gasteiger partial charge in [0.15, 0.2) is 5.69 Å². The number of carbonyl (C=O) groups excluding carboxylic acids is 1. The first-order chi connectivity index (χ1) is 13.0. The minimum absolute atomic E-state index is 0.176. The lowest BCUT2D eigenvalue weighted by Crippen LogP contribution is -2.36. The first kappa shape index (κ1) is 20.2. The summed E-state index contributed by atoms with van der Waals surface area (Å²) < 4.78 is 6.12. The zero-order valence-electron chi connectivity index (χ0n) is 15.1. The van der Waals surface area contributed by atoms with Crippen molar-refractivity contribution in [3.63, 3.8) is 0 Å². The van der Waals surface area contributed by atoms with Crippen LogP contribution in [0.4, 0.5) is 5.69 Å². The molecule has 0 saturated heterocycles. The van der Waals surface area contributed by atoms with Crippen molar-refractivity contribution in [3.8, 4) is 5.69 Å². The van der Waals surface area contributed by atoms with Gasteiger partial charge in [0, 0.05) is 44.6 Å². The molecule has 0 atom stereocenters. The van der Waals surface area contributed by atoms with Gasteiger partial charge in [0.1, 0.15) is 5.69 Å². The molecule has 1 aromatic heterocycles. The molecule has 0 spiro atoms. The minimum atomic E-state index is -0.638. The number of aromatic nitrogens is 2. The van der Waals surface area contributed by atoms with Crippen molar-refractivity contribution in [3.05, 3.63) is 62.1 Å². The first-order valence-electron chi connectivity index (χ1n) is 8.28. The van der Waals surface area contributed by atoms with E-state index in [1.807, 2.05) is 0 Å². The van der Waals surface area contributed by atoms with Gasteiger partial charge in [0.25, 0.3) is 11.6 Å². The number of carbonyl (C=O) groups is 1. The van der Waals surface area contributed by atoms with Gasteiger partial charge < -0.3 is 15.4 Å². The molecule has 0 aliphatic rings. The molecule has 0 saturated carbocycles. The van der Waals surface area contributed by atoms with Crippen LogP contribution in [0.3, 0.4) is 0 Å². The van der Waals surface area contributed by atoms with Crippen LogP contribution in [0.25, 0.3) is 5.69 Å². The van der Waals surface area contributed by atoms with Gasteiger partial charge in [-0.25, -0.2) is 4.68 Å². The predicted octanol–water partition coefficient (Wildman–Crippen LogP) is 0.415. The molecule has 2 aromatic rings. The Bertz CT molecular complexity index is 880. The van der Waals surface area contributed by atoms with Gasteiger partial charge in [-0.15, -0.1) is 0 Å². The molecule has 0 unspecified atom stereocenters. The molecule has 10 heteroatoms. The number of aryl methyl sites for hydroxylation is 1. The van der Waals surface area contributed by atoms with Crippen LogP contribution in [0.1, 0.15) is 16.2 Å². The van der Waals surface area contributed by atoms with E-state index in [2.05, 4.69) is 15.7 Å². The standard InChI is InChI=1S/C17H21N5O5/c1-12-11-15(23)16(17(24)19-8-7-18-9-10-27-2)20-21(12)13-5-3-4-6-14(13)22(25)26/h3-6,11,18H,7-10H2,1-2H3,(H,19,24). The van der Waals surface area contributed by atoms with Gasteiger partial charge in [-0.05, 0) is 13.0 Å². The zero-order chi connectivity index (χ0) is 19.8. The summed E-state index contributed by atoms with van der Waals surface area (Å²) in [7, 11) is 1.59. The van der Waals surface area contributed by atoms with E-state index in [1.165, 1.54) is 28.9 Å². The summed E-state index contributed by atoms with van der Waals surface area (Å²) in [6, 6.07) is 7.22. The average Bonchev–Trinajstić information content (AvgIpc) is 2.64. The highest BCUT2D eigenvalue weighted by Gasteiger charge is 2.19. The van der Waals surface area contributed by atoms with Gasteiger partial charge in [-0.2, -0.15) is 5.10 Å². The minimum Gasteiger partial charge on any atom is -0.383 e. The number of nitro groups is 1. The SMILES string of the molecule is COCCNCCNC(=O)c1nn(-c2ccccc2[N+](=O)[O-])c(C)cc1=O. The third-order valence-electron chi connectivity index (χ3n) is 3.70. The summed E-state index contributed by atoms with van der Waals surface area (Å²) in [6.07, 6.45) is 0. The highest BCUT2D eigenvalue weighted by molar-refractivity contribution is 5.92. The van der Waals surface area contributed by atoms with Crippen molar-refractivity contribution < 1.29 is 14.5 Å². The molecular formula is C17H21N5O5. The van der Waals surface area contributed by atoms with Gasteiger partial charge in [0.2, 0.25) is 5.43 Å². The van der Waals surface area contributed by atoms with Gasteiger partial charge in [-0.3, -0.25) is 19.7 Å². The topological polar surface area (TPSA) is 128 Å². The van der Waals surface area contributed by atoms with E-state index in [0.717, 1.165) is 0 Å². The van der Waals surface area contributed by atoms with Crippen LogP contribution in [0.5, 0.6) is 0 Å². The van der Waals surface area contributed by atoms with Crippen molar-refractivity contribution in [2.45, 2.75) is 6.92 Å². The van der Waals surface area contributed by atoms with Crippen molar-refractivity contribution in [2.75, 3.05) is 33.4 Å². The van der Waals surface area contributed by atoms with Crippen LogP contribution >= 0.6 is 0 Å². The third kappa shape index (κ3) is 5.19. The maximum absolute atomic E-state index is 12.3. The highest BCUT2D eigenvalue weighted by Crippen LogP contribution is 2.22. The molecule has 0 aliphatic heterocycles. The van der Waals surface area contributed by atoms with Gasteiger partial charge >= 0.3 is 0 Å². The zero-order valence-corrected chi connectivity index (χ0v) is 15.1. The molecule has 1 heterocycles. The molecule has 0 fully saturated rings. The van der Waals surface area contributed by atoms with Gasteiger partial charge in [0.05, 0.1) is 11.5 Å². The van der Waals surface area contributed by atoms with Crippen LogP contribution < -0.4 is 16.1 Å². The molecule has 2 rings (SSSR count). The molecule has 144 valence electrons. The number of nitro benzene ring substituents is 1. The van der Waals surface area contributed by atoms with Crippen LogP contribution in [0.15, 0.2) is 35.1 Å². The Morgan fingerprint density at radius 1 is 1.30 bits per heavy atom. The summed E-state index contributed by atoms with van der Waals surface area (Å²) in [5, 5.41) is 21.0. The van der Waals surface area contributed by atoms with Gasteiger partial charge in [-0.1, -0.05) is 12.1 Å². The average molecular weight is 375 g/mol. The third-order valence-corrected chi connectivity index (χ3v) is 3.70. The Balaban J connectivity index is 2.23. The Labute approximate surface area is 155 Å². The summed E-state index contributed by atoms with van der Waals surface area (Å²) in [6.45, 7) is 3.57. The number of hydrogen-bond acceptors (Lipinski definition) is 7. The van der Waals surface area contributed by atoms with E-state index < -0.39 is 16.3 Å². The molecule has 2 N–H and O–H groups in total. The number of nitrogens with zero attached hydrogens (tertiary/aromatic N) is 3. The summed E-state index contributed by atoms with van der Waals surface area (Å²) in [5.74, 6) is -0.638. The summed E-state index contributed by atoms with van der Waals surface area (Å²) in [5.41, 5.74) is -0.490. The highest BCUT2D eigenvalue weighted by atomic mass is 16.6. The van der Waals surface area contributed by atoms with Crippen molar-refractivity contribution in [2.24, 2.45) is 0 Å². The molecular weight excluding hydrogens is 354 g/mol. The first-order valence-corrected chi connectivity index (χ1v) is 8.28. The molecule has 0 aliphatic carbocycles. The second-order valence-electron chi connectivity index (χ2n) is 5.65. The van der Waals surface area contributed by atoms with Crippen molar-refractivity contribution in [1.29, 1.82) is 0 Å². The summed E-state index contributed by atoms with van der Waals surface area (Å²) in [4.78, 5) is 35.2. The lowest BCUT2D eigenvalue weighted by molar-refractivity contribution is -0.384. The van der Waals surface area contributed by atoms with E-state index >= 15 is 0 Å². The van der Waals surface area contributed by atoms with Crippen LogP contribution in [0, 0.1) is 17.0 Å². The smallest absolute Gasteiger partial charge is 0.294 e. The number of rotatable bonds is 9. The van der Waals surface area contributed by atoms with E-state index in [4.69, 9.17) is 4.74 Å². The number of amides is 1. The van der Waals surface area contributed by atoms with Crippen molar-refractivity contribution in [1.82, 2.24) is 20.4 Å². The van der Waals surface area contributed by atoms with E-state index in [9.17, 15) is 19.7 Å². The van der Waals surface area contributed by atoms with E-state index in [-0.39, 0.29) is 17.1 Å². The molecule has 1 aromatic carbocycles. The predicted molar refractivity (Wildman–Crippen MR) is 98.3 cm³/mol. The Kier molecular flexibility index (Phi) is 7.15. The van der Waals surface area contributed by atoms with Crippen molar-refractivity contribution >= 4 is 11.6 Å². The molecule has 10 nitrogen and oxygen atoms in total. The largest absolute Gasteiger partial charge is 0.383 e. The second-order valence-corrected chi connectivity index (χ2v) is 5.65. The Morgan fingerprint density at radius 2 is 2.04 bits per heavy atom. The normalized spacial score (nSPS) is 10.6. The Morgan fingerprint density at radius 3 is 2.74 bits per heavy atom. The van der Waals surface area contributed by atoms with Crippen LogP contribution in [-0.2, 0) is 4.74 Å². The molecule has 0 bridgehead atoms. The lowest BCUT2D eigenvalue weighted by Gasteiger charge is -2.11. The number of para-hydroxylation sites is 2. The fraction of sp³-hybridized carbons (Fsp3) is 0.353. The Hall–Kier alpha value is -3.11. The maximum Gasteiger partial charge on any atom is 0.294 e. The lowest BCUT2D eigenvalue weighted by atomic mass is 10.2. The maximum atomic E-state index is 12.3. The monoisotopic (exact) mass is 375 g/mol. The number of hydrogen-bond donors (Lipinski definition) is 2. The number of benzene rings is 1. The number of methoxy groups -OCH3 is 1. The fourth-order valence-electron chi connectivity index (χ4n) is 2.39. The fourth-order valence-corrected chi connectivity index (χ4v) is 2.39. The molecule has 1 amide bonds. The molecule has 27 heavy (non-hydrogen) atoms. The second kappa shape index (κ2) is 9.55. The molecule has 0 radical (unpaired) electrons. The van der Waals surface area contributed by atoms with Crippen LogP contribution in [0.2, 0.25) is 0 Å². The van der Waals surface area contributed by atoms with E-state index in [1.54, 1.807) is 20.1 Å². The number of nitrogens with one attached hydrogen (secondary N) is 2. The quantitative estimate of drug-likeness (QED) is 0.369. The number of ether oxygens (including phenoxy) is 1. The van der Waals surface area contributed by atoms with E-state index in [0.29, 0.717) is 31.9 Å². The summed E-state index contributed by atoms with van der Waals surface area (Å²) >= 11 is 0. The van der Waals surface area contributed by atoms with Crippen LogP contribution in [-0.4, -0.2) is 54.0 Å².